The standard InChI is InChI=1S/C12H8ClFN2O/c1-6-11(9(5-15)12(16)17-6)8-4-7(13)2-3-10(8)14/h2-4H,16H2,1H3. The lowest BCUT2D eigenvalue weighted by Crippen LogP contribution is -1.89. The molecule has 3 nitrogen and oxygen atoms in total. The fourth-order valence-corrected chi connectivity index (χ4v) is 1.86. The molecular weight excluding hydrogens is 243 g/mol. The van der Waals surface area contributed by atoms with Gasteiger partial charge in [0.2, 0.25) is 5.88 Å². The van der Waals surface area contributed by atoms with Crippen LogP contribution in [0.4, 0.5) is 10.3 Å². The summed E-state index contributed by atoms with van der Waals surface area (Å²) in [6.45, 7) is 1.62. The molecule has 0 bridgehead atoms. The van der Waals surface area contributed by atoms with Crippen molar-refractivity contribution < 1.29 is 8.81 Å². The van der Waals surface area contributed by atoms with Crippen molar-refractivity contribution >= 4 is 17.5 Å². The van der Waals surface area contributed by atoms with E-state index in [9.17, 15) is 4.39 Å². The lowest BCUT2D eigenvalue weighted by Gasteiger charge is -2.02. The molecule has 1 heterocycles. The van der Waals surface area contributed by atoms with E-state index in [1.165, 1.54) is 18.2 Å². The number of halogens is 2. The monoisotopic (exact) mass is 250 g/mol. The zero-order valence-electron chi connectivity index (χ0n) is 8.92. The molecule has 2 N–H and O–H groups in total. The maximum atomic E-state index is 13.7. The van der Waals surface area contributed by atoms with Gasteiger partial charge >= 0.3 is 0 Å². The van der Waals surface area contributed by atoms with E-state index in [0.717, 1.165) is 0 Å². The van der Waals surface area contributed by atoms with Crippen LogP contribution in [0.3, 0.4) is 0 Å². The molecule has 0 aliphatic carbocycles. The Morgan fingerprint density at radius 1 is 1.47 bits per heavy atom. The van der Waals surface area contributed by atoms with Crippen LogP contribution in [-0.2, 0) is 0 Å². The lowest BCUT2D eigenvalue weighted by molar-refractivity contribution is 0.553. The van der Waals surface area contributed by atoms with E-state index in [1.807, 2.05) is 6.07 Å². The van der Waals surface area contributed by atoms with Gasteiger partial charge in [-0.15, -0.1) is 0 Å². The summed E-state index contributed by atoms with van der Waals surface area (Å²) in [6, 6.07) is 6.01. The summed E-state index contributed by atoms with van der Waals surface area (Å²) >= 11 is 5.81. The topological polar surface area (TPSA) is 62.9 Å². The number of furan rings is 1. The van der Waals surface area contributed by atoms with Crippen molar-refractivity contribution in [2.24, 2.45) is 0 Å². The lowest BCUT2D eigenvalue weighted by atomic mass is 10.0. The molecule has 86 valence electrons. The molecular formula is C12H8ClFN2O. The number of hydrogen-bond acceptors (Lipinski definition) is 3. The first-order valence-electron chi connectivity index (χ1n) is 4.79. The first-order valence-corrected chi connectivity index (χ1v) is 5.16. The van der Waals surface area contributed by atoms with Crippen LogP contribution in [0.1, 0.15) is 11.3 Å². The van der Waals surface area contributed by atoms with Gasteiger partial charge in [-0.2, -0.15) is 5.26 Å². The largest absolute Gasteiger partial charge is 0.444 e. The number of aryl methyl sites for hydroxylation is 1. The van der Waals surface area contributed by atoms with Gasteiger partial charge in [0.1, 0.15) is 23.2 Å². The van der Waals surface area contributed by atoms with E-state index in [4.69, 9.17) is 27.0 Å². The molecule has 0 aliphatic heterocycles. The second kappa shape index (κ2) is 4.11. The highest BCUT2D eigenvalue weighted by molar-refractivity contribution is 6.30. The molecule has 0 spiro atoms. The van der Waals surface area contributed by atoms with Gasteiger partial charge in [-0.05, 0) is 25.1 Å². The van der Waals surface area contributed by atoms with Gasteiger partial charge < -0.3 is 10.2 Å². The number of hydrogen-bond donors (Lipinski definition) is 1. The summed E-state index contributed by atoms with van der Waals surface area (Å²) in [4.78, 5) is 0. The van der Waals surface area contributed by atoms with Crippen LogP contribution in [-0.4, -0.2) is 0 Å². The highest BCUT2D eigenvalue weighted by Gasteiger charge is 2.20. The highest BCUT2D eigenvalue weighted by Crippen LogP contribution is 2.35. The third-order valence-corrected chi connectivity index (χ3v) is 2.66. The number of nitrogens with two attached hydrogens (primary N) is 1. The second-order valence-electron chi connectivity index (χ2n) is 3.51. The average molecular weight is 251 g/mol. The smallest absolute Gasteiger partial charge is 0.209 e. The van der Waals surface area contributed by atoms with E-state index < -0.39 is 5.82 Å². The molecule has 0 radical (unpaired) electrons. The number of anilines is 1. The van der Waals surface area contributed by atoms with Crippen LogP contribution < -0.4 is 5.73 Å². The number of nitrogens with zero attached hydrogens (tertiary/aromatic N) is 1. The predicted octanol–water partition coefficient (Wildman–Crippen LogP) is 3.50. The Hall–Kier alpha value is -1.99. The van der Waals surface area contributed by atoms with E-state index in [-0.39, 0.29) is 17.0 Å². The zero-order valence-corrected chi connectivity index (χ0v) is 9.68. The first-order chi connectivity index (χ1) is 8.04. The maximum absolute atomic E-state index is 13.7. The zero-order chi connectivity index (χ0) is 12.6. The summed E-state index contributed by atoms with van der Waals surface area (Å²) in [5.41, 5.74) is 6.23. The SMILES string of the molecule is Cc1oc(N)c(C#N)c1-c1cc(Cl)ccc1F. The van der Waals surface area contributed by atoms with Crippen LogP contribution in [0.25, 0.3) is 11.1 Å². The van der Waals surface area contributed by atoms with Crippen molar-refractivity contribution in [2.75, 3.05) is 5.73 Å². The van der Waals surface area contributed by atoms with Gasteiger partial charge in [0.25, 0.3) is 0 Å². The van der Waals surface area contributed by atoms with Gasteiger partial charge in [0, 0.05) is 16.1 Å². The van der Waals surface area contributed by atoms with Gasteiger partial charge in [-0.25, -0.2) is 4.39 Å². The molecule has 0 atom stereocenters. The van der Waals surface area contributed by atoms with Crippen molar-refractivity contribution in [3.05, 3.63) is 40.4 Å². The summed E-state index contributed by atoms with van der Waals surface area (Å²) < 4.78 is 18.8. The van der Waals surface area contributed by atoms with Crippen molar-refractivity contribution in [2.45, 2.75) is 6.92 Å². The average Bonchev–Trinajstić information content (AvgIpc) is 2.56. The third kappa shape index (κ3) is 1.85. The Morgan fingerprint density at radius 3 is 2.82 bits per heavy atom. The molecule has 0 saturated carbocycles. The fraction of sp³-hybridized carbons (Fsp3) is 0.0833. The molecule has 0 amide bonds. The molecule has 5 heteroatoms. The fourth-order valence-electron chi connectivity index (χ4n) is 1.69. The van der Waals surface area contributed by atoms with Crippen molar-refractivity contribution in [3.8, 4) is 17.2 Å². The minimum absolute atomic E-state index is 0.0145. The predicted molar refractivity (Wildman–Crippen MR) is 63.0 cm³/mol. The van der Waals surface area contributed by atoms with Gasteiger partial charge in [-0.3, -0.25) is 0 Å². The molecule has 17 heavy (non-hydrogen) atoms. The Morgan fingerprint density at radius 2 is 2.18 bits per heavy atom. The molecule has 1 aromatic heterocycles. The summed E-state index contributed by atoms with van der Waals surface area (Å²) in [5.74, 6) is -0.102. The molecule has 2 aromatic rings. The van der Waals surface area contributed by atoms with Crippen LogP contribution >= 0.6 is 11.6 Å². The molecule has 0 saturated heterocycles. The van der Waals surface area contributed by atoms with E-state index >= 15 is 0 Å². The number of benzene rings is 1. The first kappa shape index (κ1) is 11.5. The Kier molecular flexibility index (Phi) is 2.78. The number of nitrogen functional groups attached to an aromatic ring is 1. The van der Waals surface area contributed by atoms with E-state index in [0.29, 0.717) is 16.3 Å². The second-order valence-corrected chi connectivity index (χ2v) is 3.94. The summed E-state index contributed by atoms with van der Waals surface area (Å²) in [5, 5.41) is 9.37. The Bertz CT molecular complexity index is 628. The molecule has 0 aliphatic rings. The minimum atomic E-state index is -0.477. The Balaban J connectivity index is 2.77. The van der Waals surface area contributed by atoms with Gasteiger partial charge in [0.05, 0.1) is 0 Å². The quantitative estimate of drug-likeness (QED) is 0.842. The number of nitriles is 1. The van der Waals surface area contributed by atoms with Crippen LogP contribution in [0.5, 0.6) is 0 Å². The van der Waals surface area contributed by atoms with Crippen LogP contribution in [0.2, 0.25) is 5.02 Å². The molecule has 1 aromatic carbocycles. The number of rotatable bonds is 1. The third-order valence-electron chi connectivity index (χ3n) is 2.42. The van der Waals surface area contributed by atoms with Crippen molar-refractivity contribution in [1.29, 1.82) is 5.26 Å². The normalized spacial score (nSPS) is 10.2. The maximum Gasteiger partial charge on any atom is 0.209 e. The van der Waals surface area contributed by atoms with E-state index in [1.54, 1.807) is 6.92 Å². The van der Waals surface area contributed by atoms with Gasteiger partial charge in [-0.1, -0.05) is 11.6 Å². The van der Waals surface area contributed by atoms with Crippen molar-refractivity contribution in [1.82, 2.24) is 0 Å². The highest BCUT2D eigenvalue weighted by atomic mass is 35.5. The van der Waals surface area contributed by atoms with Gasteiger partial charge in [0.15, 0.2) is 0 Å². The Labute approximate surface area is 102 Å². The van der Waals surface area contributed by atoms with Crippen molar-refractivity contribution in [3.63, 3.8) is 0 Å². The van der Waals surface area contributed by atoms with Crippen LogP contribution in [0, 0.1) is 24.1 Å². The summed E-state index contributed by atoms with van der Waals surface area (Å²) in [7, 11) is 0. The van der Waals surface area contributed by atoms with E-state index in [2.05, 4.69) is 0 Å². The molecule has 2 rings (SSSR count). The summed E-state index contributed by atoms with van der Waals surface area (Å²) in [6.07, 6.45) is 0. The minimum Gasteiger partial charge on any atom is -0.444 e. The molecule has 0 unspecified atom stereocenters. The van der Waals surface area contributed by atoms with Crippen LogP contribution in [0.15, 0.2) is 22.6 Å². The molecule has 0 fully saturated rings.